The van der Waals surface area contributed by atoms with Crippen LogP contribution in [-0.2, 0) is 4.74 Å². The molecule has 0 bridgehead atoms. The molecule has 1 radical (unpaired) electrons. The fraction of sp³-hybridized carbons (Fsp3) is 0.462. The lowest BCUT2D eigenvalue weighted by Crippen LogP contribution is -2.33. The average molecular weight is 220 g/mol. The van der Waals surface area contributed by atoms with E-state index in [1.54, 1.807) is 0 Å². The van der Waals surface area contributed by atoms with Gasteiger partial charge in [0.2, 0.25) is 0 Å². The normalized spacial score (nSPS) is 13.0. The molecule has 1 unspecified atom stereocenters. The second-order valence-corrected chi connectivity index (χ2v) is 4.70. The Labute approximate surface area is 96.8 Å². The van der Waals surface area contributed by atoms with Crippen LogP contribution in [0.25, 0.3) is 0 Å². The molecule has 0 fully saturated rings. The van der Waals surface area contributed by atoms with Gasteiger partial charge in [0.25, 0.3) is 0 Å². The van der Waals surface area contributed by atoms with Crippen LogP contribution in [0.4, 0.5) is 4.79 Å². The van der Waals surface area contributed by atoms with Crippen molar-refractivity contribution in [2.75, 3.05) is 0 Å². The molecule has 87 valence electrons. The summed E-state index contributed by atoms with van der Waals surface area (Å²) in [7, 11) is 0. The Morgan fingerprint density at radius 1 is 1.38 bits per heavy atom. The van der Waals surface area contributed by atoms with Crippen LogP contribution in [0.15, 0.2) is 24.3 Å². The van der Waals surface area contributed by atoms with Gasteiger partial charge in [-0.05, 0) is 39.3 Å². The summed E-state index contributed by atoms with van der Waals surface area (Å²) in [5.41, 5.74) is 0.568. The summed E-state index contributed by atoms with van der Waals surface area (Å²) in [6.07, 6.45) is -0.396. The van der Waals surface area contributed by atoms with Crippen LogP contribution >= 0.6 is 0 Å². The predicted octanol–water partition coefficient (Wildman–Crippen LogP) is 3.07. The van der Waals surface area contributed by atoms with E-state index in [-0.39, 0.29) is 6.04 Å². The zero-order valence-electron chi connectivity index (χ0n) is 10.2. The molecular formula is C13H18NO2. The molecule has 0 spiro atoms. The Morgan fingerprint density at radius 2 is 1.94 bits per heavy atom. The van der Waals surface area contributed by atoms with Crippen LogP contribution in [0.2, 0.25) is 0 Å². The third-order valence-electron chi connectivity index (χ3n) is 1.98. The molecule has 0 aliphatic rings. The van der Waals surface area contributed by atoms with Crippen LogP contribution in [0, 0.1) is 6.07 Å². The van der Waals surface area contributed by atoms with Crippen molar-refractivity contribution in [3.8, 4) is 0 Å². The first-order valence-electron chi connectivity index (χ1n) is 5.34. The predicted molar refractivity (Wildman–Crippen MR) is 63.1 cm³/mol. The van der Waals surface area contributed by atoms with Crippen LogP contribution < -0.4 is 5.32 Å². The highest BCUT2D eigenvalue weighted by Crippen LogP contribution is 2.13. The lowest BCUT2D eigenvalue weighted by Gasteiger charge is -2.22. The summed E-state index contributed by atoms with van der Waals surface area (Å²) in [5, 5.41) is 2.78. The molecule has 3 heteroatoms. The van der Waals surface area contributed by atoms with Gasteiger partial charge in [-0.25, -0.2) is 4.79 Å². The van der Waals surface area contributed by atoms with Crippen molar-refractivity contribution in [3.63, 3.8) is 0 Å². The highest BCUT2D eigenvalue weighted by Gasteiger charge is 2.17. The average Bonchev–Trinajstić information content (AvgIpc) is 2.16. The van der Waals surface area contributed by atoms with Crippen LogP contribution in [0.3, 0.4) is 0 Å². The van der Waals surface area contributed by atoms with Gasteiger partial charge in [-0.15, -0.1) is 0 Å². The van der Waals surface area contributed by atoms with Crippen LogP contribution in [0.5, 0.6) is 0 Å². The van der Waals surface area contributed by atoms with E-state index in [4.69, 9.17) is 4.74 Å². The number of hydrogen-bond acceptors (Lipinski definition) is 2. The summed E-state index contributed by atoms with van der Waals surface area (Å²) in [4.78, 5) is 11.5. The summed E-state index contributed by atoms with van der Waals surface area (Å²) in [5.74, 6) is 0. The van der Waals surface area contributed by atoms with E-state index in [0.717, 1.165) is 5.56 Å². The third-order valence-corrected chi connectivity index (χ3v) is 1.98. The van der Waals surface area contributed by atoms with E-state index in [0.29, 0.717) is 0 Å². The first-order valence-corrected chi connectivity index (χ1v) is 5.34. The molecule has 1 aromatic carbocycles. The van der Waals surface area contributed by atoms with Crippen molar-refractivity contribution >= 4 is 6.09 Å². The van der Waals surface area contributed by atoms with E-state index < -0.39 is 11.7 Å². The van der Waals surface area contributed by atoms with Crippen LogP contribution in [0.1, 0.15) is 39.3 Å². The number of hydrogen-bond donors (Lipinski definition) is 1. The molecule has 3 nitrogen and oxygen atoms in total. The highest BCUT2D eigenvalue weighted by molar-refractivity contribution is 5.68. The molecule has 16 heavy (non-hydrogen) atoms. The van der Waals surface area contributed by atoms with Gasteiger partial charge in [0.05, 0.1) is 6.04 Å². The lowest BCUT2D eigenvalue weighted by atomic mass is 10.1. The molecule has 0 saturated carbocycles. The van der Waals surface area contributed by atoms with Gasteiger partial charge in [-0.3, -0.25) is 0 Å². The van der Waals surface area contributed by atoms with E-state index in [2.05, 4.69) is 11.4 Å². The molecule has 1 rings (SSSR count). The second kappa shape index (κ2) is 5.01. The van der Waals surface area contributed by atoms with Gasteiger partial charge in [0.1, 0.15) is 5.60 Å². The quantitative estimate of drug-likeness (QED) is 0.831. The Kier molecular flexibility index (Phi) is 3.93. The van der Waals surface area contributed by atoms with Crippen molar-refractivity contribution in [2.24, 2.45) is 0 Å². The number of carbonyl (C=O) groups excluding carboxylic acids is 1. The Hall–Kier alpha value is -1.51. The minimum absolute atomic E-state index is 0.0653. The zero-order chi connectivity index (χ0) is 12.2. The molecule has 0 heterocycles. The molecule has 1 aromatic rings. The van der Waals surface area contributed by atoms with Crippen molar-refractivity contribution in [2.45, 2.75) is 39.3 Å². The standard InChI is InChI=1S/C13H18NO2/c1-10(11-8-6-5-7-9-11)14-12(15)16-13(2,3)4/h6-10H,1-4H3,(H,14,15). The number of ether oxygens (including phenoxy) is 1. The first kappa shape index (κ1) is 12.6. The molecular weight excluding hydrogens is 202 g/mol. The van der Waals surface area contributed by atoms with Gasteiger partial charge < -0.3 is 10.1 Å². The van der Waals surface area contributed by atoms with E-state index in [1.165, 1.54) is 0 Å². The molecule has 0 aliphatic carbocycles. The van der Waals surface area contributed by atoms with Crippen molar-refractivity contribution in [3.05, 3.63) is 35.9 Å². The highest BCUT2D eigenvalue weighted by atomic mass is 16.6. The Morgan fingerprint density at radius 3 is 2.44 bits per heavy atom. The van der Waals surface area contributed by atoms with Crippen molar-refractivity contribution < 1.29 is 9.53 Å². The van der Waals surface area contributed by atoms with Crippen molar-refractivity contribution in [1.82, 2.24) is 5.32 Å². The zero-order valence-corrected chi connectivity index (χ0v) is 10.2. The first-order chi connectivity index (χ1) is 7.38. The summed E-state index contributed by atoms with van der Waals surface area (Å²) in [6, 6.07) is 10.4. The van der Waals surface area contributed by atoms with E-state index in [1.807, 2.05) is 52.0 Å². The number of alkyl carbamates (subject to hydrolysis) is 1. The van der Waals surface area contributed by atoms with Gasteiger partial charge in [-0.1, -0.05) is 24.3 Å². The maximum Gasteiger partial charge on any atom is 0.408 e. The monoisotopic (exact) mass is 220 g/mol. The lowest BCUT2D eigenvalue weighted by molar-refractivity contribution is 0.0508. The number of carbonyl (C=O) groups is 1. The molecule has 0 aliphatic heterocycles. The third kappa shape index (κ3) is 4.34. The minimum Gasteiger partial charge on any atom is -0.444 e. The van der Waals surface area contributed by atoms with Gasteiger partial charge >= 0.3 is 6.09 Å². The largest absolute Gasteiger partial charge is 0.444 e. The maximum atomic E-state index is 11.5. The van der Waals surface area contributed by atoms with Crippen LogP contribution in [-0.4, -0.2) is 11.7 Å². The Balaban J connectivity index is 2.52. The second-order valence-electron chi connectivity index (χ2n) is 4.70. The number of benzene rings is 1. The maximum absolute atomic E-state index is 11.5. The Bertz CT molecular complexity index is 341. The van der Waals surface area contributed by atoms with Gasteiger partial charge in [-0.2, -0.15) is 0 Å². The van der Waals surface area contributed by atoms with Gasteiger partial charge in [0, 0.05) is 0 Å². The molecule has 1 atom stereocenters. The fourth-order valence-electron chi connectivity index (χ4n) is 1.26. The summed E-state index contributed by atoms with van der Waals surface area (Å²) >= 11 is 0. The number of nitrogens with one attached hydrogen (secondary N) is 1. The van der Waals surface area contributed by atoms with E-state index >= 15 is 0 Å². The fourth-order valence-corrected chi connectivity index (χ4v) is 1.26. The molecule has 0 saturated heterocycles. The van der Waals surface area contributed by atoms with E-state index in [9.17, 15) is 4.79 Å². The smallest absolute Gasteiger partial charge is 0.408 e. The molecule has 1 amide bonds. The molecule has 1 N–H and O–H groups in total. The summed E-state index contributed by atoms with van der Waals surface area (Å²) < 4.78 is 5.17. The SMILES string of the molecule is CC(NC(=O)OC(C)(C)C)c1cc[c]cc1. The number of amides is 1. The van der Waals surface area contributed by atoms with Crippen molar-refractivity contribution in [1.29, 1.82) is 0 Å². The topological polar surface area (TPSA) is 38.3 Å². The molecule has 0 aromatic heterocycles. The minimum atomic E-state index is -0.464. The number of rotatable bonds is 2. The summed E-state index contributed by atoms with van der Waals surface area (Å²) in [6.45, 7) is 7.44. The van der Waals surface area contributed by atoms with Gasteiger partial charge in [0.15, 0.2) is 0 Å².